The topological polar surface area (TPSA) is 83.6 Å². The number of hydrogen-bond donors (Lipinski definition) is 1. The van der Waals surface area contributed by atoms with Crippen molar-refractivity contribution in [1.82, 2.24) is 10.2 Å². The Morgan fingerprint density at radius 1 is 1.32 bits per heavy atom. The van der Waals surface area contributed by atoms with Crippen LogP contribution in [-0.4, -0.2) is 55.8 Å². The molecule has 1 aromatic heterocycles. The summed E-state index contributed by atoms with van der Waals surface area (Å²) in [6.07, 6.45) is 0.870. The molecule has 2 heterocycles. The number of carbonyl (C=O) groups is 2. The second-order valence-corrected chi connectivity index (χ2v) is 8.76. The molecule has 2 rings (SSSR count). The Morgan fingerprint density at radius 2 is 1.95 bits per heavy atom. The molecule has 8 heteroatoms. The van der Waals surface area contributed by atoms with Gasteiger partial charge in [-0.25, -0.2) is 8.42 Å². The minimum atomic E-state index is -3.02. The van der Waals surface area contributed by atoms with Gasteiger partial charge >= 0.3 is 0 Å². The molecule has 0 bridgehead atoms. The highest BCUT2D eigenvalue weighted by molar-refractivity contribution is 7.91. The molecule has 1 aliphatic heterocycles. The van der Waals surface area contributed by atoms with Crippen LogP contribution < -0.4 is 5.32 Å². The number of sulfone groups is 1. The molecule has 0 saturated carbocycles. The van der Waals surface area contributed by atoms with Crippen LogP contribution in [0.3, 0.4) is 0 Å². The Balaban J connectivity index is 1.92. The van der Waals surface area contributed by atoms with Crippen molar-refractivity contribution in [1.29, 1.82) is 0 Å². The van der Waals surface area contributed by atoms with E-state index in [4.69, 9.17) is 0 Å². The Bertz CT molecular complexity index is 652. The molecular weight excluding hydrogens is 324 g/mol. The number of nitrogens with zero attached hydrogens (tertiary/aromatic N) is 1. The van der Waals surface area contributed by atoms with Crippen molar-refractivity contribution in [3.05, 3.63) is 21.9 Å². The van der Waals surface area contributed by atoms with E-state index in [9.17, 15) is 18.0 Å². The van der Waals surface area contributed by atoms with E-state index >= 15 is 0 Å². The van der Waals surface area contributed by atoms with Crippen molar-refractivity contribution in [2.75, 3.05) is 24.6 Å². The highest BCUT2D eigenvalue weighted by Crippen LogP contribution is 2.17. The summed E-state index contributed by atoms with van der Waals surface area (Å²) in [5.74, 6) is -0.528. The van der Waals surface area contributed by atoms with Crippen molar-refractivity contribution in [3.8, 4) is 0 Å². The number of aryl methyl sites for hydroxylation is 1. The standard InChI is InChI=1S/C14H20N2O4S2/c1-3-11-4-5-12(21-11)13(17)15-10(2)14(18)16-6-8-22(19,20)9-7-16/h4-5,10H,3,6-9H2,1-2H3,(H,15,17)/t10-/m1/s1. The summed E-state index contributed by atoms with van der Waals surface area (Å²) in [7, 11) is -3.02. The third-order valence-electron chi connectivity index (χ3n) is 3.61. The van der Waals surface area contributed by atoms with Crippen molar-refractivity contribution in [2.24, 2.45) is 0 Å². The first kappa shape index (κ1) is 17.0. The predicted molar refractivity (Wildman–Crippen MR) is 85.9 cm³/mol. The molecule has 122 valence electrons. The Morgan fingerprint density at radius 3 is 2.50 bits per heavy atom. The van der Waals surface area contributed by atoms with Crippen molar-refractivity contribution in [3.63, 3.8) is 0 Å². The molecule has 1 fully saturated rings. The monoisotopic (exact) mass is 344 g/mol. The number of nitrogens with one attached hydrogen (secondary N) is 1. The molecule has 22 heavy (non-hydrogen) atoms. The maximum atomic E-state index is 12.3. The molecule has 0 unspecified atom stereocenters. The fraction of sp³-hybridized carbons (Fsp3) is 0.571. The average molecular weight is 344 g/mol. The van der Waals surface area contributed by atoms with Gasteiger partial charge in [-0.3, -0.25) is 9.59 Å². The van der Waals surface area contributed by atoms with Gasteiger partial charge in [-0.1, -0.05) is 6.92 Å². The summed E-state index contributed by atoms with van der Waals surface area (Å²) in [5.41, 5.74) is 0. The largest absolute Gasteiger partial charge is 0.340 e. The molecule has 6 nitrogen and oxygen atoms in total. The summed E-state index contributed by atoms with van der Waals surface area (Å²) in [5, 5.41) is 2.68. The van der Waals surface area contributed by atoms with E-state index < -0.39 is 15.9 Å². The van der Waals surface area contributed by atoms with E-state index in [2.05, 4.69) is 5.32 Å². The molecule has 0 radical (unpaired) electrons. The van der Waals surface area contributed by atoms with Crippen LogP contribution >= 0.6 is 11.3 Å². The molecule has 0 aliphatic carbocycles. The van der Waals surface area contributed by atoms with Gasteiger partial charge in [-0.15, -0.1) is 11.3 Å². The first-order valence-corrected chi connectivity index (χ1v) is 9.85. The van der Waals surface area contributed by atoms with Crippen molar-refractivity contribution >= 4 is 33.0 Å². The number of rotatable bonds is 4. The van der Waals surface area contributed by atoms with Gasteiger partial charge in [0.2, 0.25) is 5.91 Å². The lowest BCUT2D eigenvalue weighted by molar-refractivity contribution is -0.132. The SMILES string of the molecule is CCc1ccc(C(=O)N[C@H](C)C(=O)N2CCS(=O)(=O)CC2)s1. The molecule has 2 amide bonds. The number of thiophene rings is 1. The molecule has 0 aromatic carbocycles. The zero-order valence-electron chi connectivity index (χ0n) is 12.7. The van der Waals surface area contributed by atoms with Crippen LogP contribution in [0.25, 0.3) is 0 Å². The number of carbonyl (C=O) groups excluding carboxylic acids is 2. The lowest BCUT2D eigenvalue weighted by atomic mass is 10.2. The third-order valence-corrected chi connectivity index (χ3v) is 6.45. The second-order valence-electron chi connectivity index (χ2n) is 5.29. The van der Waals surface area contributed by atoms with Gasteiger partial charge in [-0.2, -0.15) is 0 Å². The summed E-state index contributed by atoms with van der Waals surface area (Å²) >= 11 is 1.41. The summed E-state index contributed by atoms with van der Waals surface area (Å²) in [6.45, 7) is 4.03. The molecule has 1 aromatic rings. The van der Waals surface area contributed by atoms with Crippen molar-refractivity contribution < 1.29 is 18.0 Å². The average Bonchev–Trinajstić information content (AvgIpc) is 2.95. The first-order valence-electron chi connectivity index (χ1n) is 7.21. The van der Waals surface area contributed by atoms with Crippen LogP contribution in [0.2, 0.25) is 0 Å². The minimum Gasteiger partial charge on any atom is -0.340 e. The van der Waals surface area contributed by atoms with Gasteiger partial charge < -0.3 is 10.2 Å². The van der Waals surface area contributed by atoms with Gasteiger partial charge in [0, 0.05) is 18.0 Å². The van der Waals surface area contributed by atoms with Crippen molar-refractivity contribution in [2.45, 2.75) is 26.3 Å². The molecule has 1 N–H and O–H groups in total. The highest BCUT2D eigenvalue weighted by Gasteiger charge is 2.28. The van der Waals surface area contributed by atoms with Gasteiger partial charge in [0.05, 0.1) is 16.4 Å². The first-order chi connectivity index (χ1) is 10.3. The van der Waals surface area contributed by atoms with Gasteiger partial charge in [0.15, 0.2) is 9.84 Å². The Kier molecular flexibility index (Phi) is 5.23. The predicted octanol–water partition coefficient (Wildman–Crippen LogP) is 0.686. The molecule has 1 aliphatic rings. The zero-order valence-corrected chi connectivity index (χ0v) is 14.3. The zero-order chi connectivity index (χ0) is 16.3. The summed E-state index contributed by atoms with van der Waals surface area (Å²) in [4.78, 5) is 27.6. The smallest absolute Gasteiger partial charge is 0.261 e. The van der Waals surface area contributed by atoms with E-state index in [1.54, 1.807) is 13.0 Å². The van der Waals surface area contributed by atoms with E-state index in [1.165, 1.54) is 16.2 Å². The van der Waals surface area contributed by atoms with E-state index in [0.717, 1.165) is 11.3 Å². The fourth-order valence-electron chi connectivity index (χ4n) is 2.23. The normalized spacial score (nSPS) is 18.7. The molecule has 0 spiro atoms. The molecular formula is C14H20N2O4S2. The van der Waals surface area contributed by atoms with Crippen LogP contribution in [0.15, 0.2) is 12.1 Å². The summed E-state index contributed by atoms with van der Waals surface area (Å²) in [6, 6.07) is 2.99. The van der Waals surface area contributed by atoms with E-state index in [1.807, 2.05) is 13.0 Å². The molecule has 1 saturated heterocycles. The van der Waals surface area contributed by atoms with E-state index in [-0.39, 0.29) is 36.4 Å². The third kappa shape index (κ3) is 4.07. The van der Waals surface area contributed by atoms with Gasteiger partial charge in [0.25, 0.3) is 5.91 Å². The van der Waals surface area contributed by atoms with Crippen LogP contribution in [0.5, 0.6) is 0 Å². The minimum absolute atomic E-state index is 0.00973. The lowest BCUT2D eigenvalue weighted by Gasteiger charge is -2.29. The molecule has 1 atom stereocenters. The summed E-state index contributed by atoms with van der Waals surface area (Å²) < 4.78 is 22.8. The quantitative estimate of drug-likeness (QED) is 0.871. The van der Waals surface area contributed by atoms with Crippen LogP contribution in [0.4, 0.5) is 0 Å². The van der Waals surface area contributed by atoms with E-state index in [0.29, 0.717) is 4.88 Å². The number of hydrogen-bond acceptors (Lipinski definition) is 5. The van der Waals surface area contributed by atoms with Gasteiger partial charge in [-0.05, 0) is 25.5 Å². The fourth-order valence-corrected chi connectivity index (χ4v) is 4.28. The van der Waals surface area contributed by atoms with Gasteiger partial charge in [0.1, 0.15) is 6.04 Å². The maximum absolute atomic E-state index is 12.3. The van der Waals surface area contributed by atoms with Crippen LogP contribution in [0, 0.1) is 0 Å². The highest BCUT2D eigenvalue weighted by atomic mass is 32.2. The Labute approximate surface area is 134 Å². The Hall–Kier alpha value is -1.41. The van der Waals surface area contributed by atoms with Crippen LogP contribution in [-0.2, 0) is 21.1 Å². The number of amides is 2. The lowest BCUT2D eigenvalue weighted by Crippen LogP contribution is -2.51. The second kappa shape index (κ2) is 6.78. The maximum Gasteiger partial charge on any atom is 0.261 e. The van der Waals surface area contributed by atoms with Crippen LogP contribution in [0.1, 0.15) is 28.4 Å².